The molecule has 1 N–H and O–H groups in total. The van der Waals surface area contributed by atoms with Crippen molar-refractivity contribution in [2.24, 2.45) is 17.8 Å². The maximum absolute atomic E-state index is 14.5. The average Bonchev–Trinajstić information content (AvgIpc) is 3.42. The number of amides is 4. The maximum atomic E-state index is 14.5. The van der Waals surface area contributed by atoms with Crippen molar-refractivity contribution in [2.45, 2.75) is 40.9 Å². The van der Waals surface area contributed by atoms with E-state index in [4.69, 9.17) is 27.9 Å². The van der Waals surface area contributed by atoms with Crippen LogP contribution in [0.15, 0.2) is 72.3 Å². The minimum Gasteiger partial charge on any atom is -0.508 e. The molecule has 272 valence electrons. The molecule has 3 aromatic rings. The molecule has 2 heterocycles. The van der Waals surface area contributed by atoms with Gasteiger partial charge in [-0.3, -0.25) is 19.2 Å². The lowest BCUT2D eigenvalue weighted by Crippen LogP contribution is -2.60. The molecule has 6 atom stereocenters. The van der Waals surface area contributed by atoms with Gasteiger partial charge in [-0.15, -0.1) is 23.2 Å². The number of carbonyl (C=O) groups is 4. The van der Waals surface area contributed by atoms with Crippen molar-refractivity contribution in [1.29, 1.82) is 0 Å². The third-order valence-corrected chi connectivity index (χ3v) is 11.7. The Hall–Kier alpha value is -4.63. The molecule has 0 aromatic heterocycles. The molecule has 1 saturated carbocycles. The third kappa shape index (κ3) is 5.02. The van der Waals surface area contributed by atoms with Crippen LogP contribution in [0.25, 0.3) is 0 Å². The van der Waals surface area contributed by atoms with Gasteiger partial charge in [0.05, 0.1) is 41.4 Å². The van der Waals surface area contributed by atoms with Crippen LogP contribution in [0.3, 0.4) is 0 Å². The van der Waals surface area contributed by atoms with Crippen molar-refractivity contribution in [1.82, 2.24) is 0 Å². The number of anilines is 2. The van der Waals surface area contributed by atoms with Gasteiger partial charge in [-0.1, -0.05) is 17.7 Å². The molecule has 4 aliphatic rings. The highest BCUT2D eigenvalue weighted by atomic mass is 35.5. The number of hydrogen-bond donors (Lipinski definition) is 1. The summed E-state index contributed by atoms with van der Waals surface area (Å²) in [5, 5.41) is 10.2. The molecule has 0 radical (unpaired) electrons. The largest absolute Gasteiger partial charge is 0.508 e. The number of allylic oxidation sites excluding steroid dienone is 2. The van der Waals surface area contributed by atoms with Crippen LogP contribution in [-0.4, -0.2) is 45.6 Å². The van der Waals surface area contributed by atoms with Gasteiger partial charge in [0.15, 0.2) is 9.75 Å². The average molecular weight is 771 g/mol. The Labute approximate surface area is 299 Å². The zero-order valence-corrected chi connectivity index (χ0v) is 27.9. The number of aromatic hydroxyl groups is 1. The Balaban J connectivity index is 1.40. The van der Waals surface area contributed by atoms with Crippen molar-refractivity contribution < 1.29 is 59.8 Å². The molecular weight excluding hydrogens is 748 g/mol. The first kappa shape index (κ1) is 35.8. The second kappa shape index (κ2) is 11.7. The fourth-order valence-corrected chi connectivity index (χ4v) is 8.93. The number of ether oxygens (including phenoxy) is 1. The van der Waals surface area contributed by atoms with Gasteiger partial charge in [-0.25, -0.2) is 14.2 Å². The van der Waals surface area contributed by atoms with Crippen molar-refractivity contribution >= 4 is 58.2 Å². The quantitative estimate of drug-likeness (QED) is 0.129. The van der Waals surface area contributed by atoms with E-state index in [2.05, 4.69) is 0 Å². The summed E-state index contributed by atoms with van der Waals surface area (Å²) in [7, 11) is 1.24. The lowest BCUT2D eigenvalue weighted by Gasteiger charge is -2.50. The van der Waals surface area contributed by atoms with Gasteiger partial charge in [-0.2, -0.15) is 26.3 Å². The number of nitrogens with zero attached hydrogens (tertiary/aromatic N) is 2. The Morgan fingerprint density at radius 3 is 1.98 bits per heavy atom. The highest BCUT2D eigenvalue weighted by Gasteiger charge is 2.77. The number of hydrogen-bond acceptors (Lipinski definition) is 6. The van der Waals surface area contributed by atoms with Crippen molar-refractivity contribution in [2.75, 3.05) is 16.9 Å². The number of carbonyl (C=O) groups excluding carboxylic acids is 4. The van der Waals surface area contributed by atoms with Crippen LogP contribution in [0.5, 0.6) is 11.5 Å². The van der Waals surface area contributed by atoms with Gasteiger partial charge in [0.25, 0.3) is 11.8 Å². The molecule has 3 fully saturated rings. The van der Waals surface area contributed by atoms with Crippen LogP contribution in [-0.2, 0) is 31.5 Å². The first-order valence-electron chi connectivity index (χ1n) is 15.5. The zero-order chi connectivity index (χ0) is 37.9. The SMILES string of the molecule is COc1cc(O)ccc1[C@H]1C2=CC[C@@H]3C(=O)N(c4cc(C(F)(F)F)cc(C(F)(F)F)c4)C(=O)[C@@H]3[C@@H]2C[C@@]2(Cl)C(=O)N(c3ccc(F)cc3)C(=O)[C@@]12Cl. The van der Waals surface area contributed by atoms with E-state index in [0.717, 1.165) is 24.3 Å². The molecule has 52 heavy (non-hydrogen) atoms. The number of halogens is 9. The molecule has 0 bridgehead atoms. The third-order valence-electron chi connectivity index (χ3n) is 10.3. The highest BCUT2D eigenvalue weighted by molar-refractivity contribution is 6.58. The molecular formula is C35H23Cl2F7N2O6. The Bertz CT molecular complexity index is 2070. The summed E-state index contributed by atoms with van der Waals surface area (Å²) in [6.45, 7) is 0. The normalized spacial score (nSPS) is 28.8. The fraction of sp³-hybridized carbons (Fsp3) is 0.314. The topological polar surface area (TPSA) is 104 Å². The number of rotatable bonds is 4. The Kier molecular flexibility index (Phi) is 8.04. The van der Waals surface area contributed by atoms with E-state index in [1.54, 1.807) is 0 Å². The molecule has 17 heteroatoms. The van der Waals surface area contributed by atoms with Crippen molar-refractivity contribution in [3.05, 3.63) is 94.8 Å². The fourth-order valence-electron chi connectivity index (χ4n) is 8.00. The number of methoxy groups -OCH3 is 1. The van der Waals surface area contributed by atoms with E-state index in [0.29, 0.717) is 4.90 Å². The predicted molar refractivity (Wildman–Crippen MR) is 170 cm³/mol. The summed E-state index contributed by atoms with van der Waals surface area (Å²) >= 11 is 14.5. The van der Waals surface area contributed by atoms with Crippen molar-refractivity contribution in [3.8, 4) is 11.5 Å². The maximum Gasteiger partial charge on any atom is 0.416 e. The molecule has 0 spiro atoms. The molecule has 3 aromatic carbocycles. The van der Waals surface area contributed by atoms with Crippen LogP contribution in [0.1, 0.15) is 35.4 Å². The van der Waals surface area contributed by atoms with Crippen LogP contribution >= 0.6 is 23.2 Å². The lowest BCUT2D eigenvalue weighted by atomic mass is 9.56. The number of phenols is 1. The van der Waals surface area contributed by atoms with Gasteiger partial charge in [-0.05, 0) is 67.3 Å². The summed E-state index contributed by atoms with van der Waals surface area (Å²) in [5.74, 6) is -10.7. The number of alkyl halides is 8. The number of benzene rings is 3. The van der Waals surface area contributed by atoms with Crippen LogP contribution < -0.4 is 14.5 Å². The van der Waals surface area contributed by atoms with Crippen LogP contribution in [0, 0.1) is 23.6 Å². The van der Waals surface area contributed by atoms with E-state index >= 15 is 0 Å². The van der Waals surface area contributed by atoms with Crippen molar-refractivity contribution in [3.63, 3.8) is 0 Å². The molecule has 2 aliphatic carbocycles. The minimum atomic E-state index is -5.27. The monoisotopic (exact) mass is 770 g/mol. The second-order valence-electron chi connectivity index (χ2n) is 13.0. The van der Waals surface area contributed by atoms with Gasteiger partial charge >= 0.3 is 12.4 Å². The van der Waals surface area contributed by atoms with Gasteiger partial charge < -0.3 is 9.84 Å². The van der Waals surface area contributed by atoms with Crippen LogP contribution in [0.2, 0.25) is 0 Å². The molecule has 8 nitrogen and oxygen atoms in total. The smallest absolute Gasteiger partial charge is 0.416 e. The summed E-state index contributed by atoms with van der Waals surface area (Å²) in [6, 6.07) is 8.45. The minimum absolute atomic E-state index is 0.0210. The van der Waals surface area contributed by atoms with E-state index < -0.39 is 98.5 Å². The standard InChI is InChI=1S/C35H23Cl2F7N2O6/c1-52-25-13-20(47)6-7-22(25)27-21-8-9-23-26(29(49)45(28(23)48)19-11-15(34(39,40)41)10-16(12-19)35(42,43)44)24(21)14-32(36)30(50)46(31(51)33(27,32)37)18-4-2-17(38)3-5-18/h2-8,10-13,23-24,26-27,47H,9,14H2,1H3/t23-,24+,26-,27+,32+,33-/m0/s1. The summed E-state index contributed by atoms with van der Waals surface area (Å²) < 4.78 is 102. The van der Waals surface area contributed by atoms with Crippen LogP contribution in [0.4, 0.5) is 42.1 Å². The number of phenolic OH excluding ortho intramolecular Hbond substituents is 1. The first-order chi connectivity index (χ1) is 24.2. The molecule has 0 unspecified atom stereocenters. The van der Waals surface area contributed by atoms with E-state index in [-0.39, 0.29) is 57.8 Å². The Morgan fingerprint density at radius 2 is 1.40 bits per heavy atom. The highest BCUT2D eigenvalue weighted by Crippen LogP contribution is 2.66. The van der Waals surface area contributed by atoms with E-state index in [1.807, 2.05) is 0 Å². The first-order valence-corrected chi connectivity index (χ1v) is 16.3. The summed E-state index contributed by atoms with van der Waals surface area (Å²) in [4.78, 5) is 53.1. The summed E-state index contributed by atoms with van der Waals surface area (Å²) in [5.41, 5.74) is -4.19. The Morgan fingerprint density at radius 1 is 0.788 bits per heavy atom. The van der Waals surface area contributed by atoms with Gasteiger partial charge in [0, 0.05) is 17.5 Å². The van der Waals surface area contributed by atoms with Gasteiger partial charge in [0.2, 0.25) is 11.8 Å². The number of imide groups is 2. The second-order valence-corrected chi connectivity index (χ2v) is 14.2. The number of fused-ring (bicyclic) bond motifs is 4. The molecule has 2 saturated heterocycles. The zero-order valence-electron chi connectivity index (χ0n) is 26.4. The summed E-state index contributed by atoms with van der Waals surface area (Å²) in [6.07, 6.45) is -9.89. The molecule has 4 amide bonds. The molecule has 2 aliphatic heterocycles. The van der Waals surface area contributed by atoms with E-state index in [1.165, 1.54) is 31.4 Å². The molecule has 7 rings (SSSR count). The lowest BCUT2D eigenvalue weighted by molar-refractivity contribution is -0.143. The predicted octanol–water partition coefficient (Wildman–Crippen LogP) is 7.35. The van der Waals surface area contributed by atoms with Gasteiger partial charge in [0.1, 0.15) is 17.3 Å². The van der Waals surface area contributed by atoms with E-state index in [9.17, 15) is 55.0 Å².